The van der Waals surface area contributed by atoms with Gasteiger partial charge < -0.3 is 14.9 Å². The summed E-state index contributed by atoms with van der Waals surface area (Å²) in [6.07, 6.45) is 0. The molecule has 0 bridgehead atoms. The van der Waals surface area contributed by atoms with Gasteiger partial charge >= 0.3 is 0 Å². The molecular formula is C11H10Cl2N6O2. The van der Waals surface area contributed by atoms with Gasteiger partial charge in [0.25, 0.3) is 0 Å². The number of aromatic nitrogens is 4. The van der Waals surface area contributed by atoms with Crippen LogP contribution in [0, 0.1) is 0 Å². The summed E-state index contributed by atoms with van der Waals surface area (Å²) in [5, 5.41) is 9.62. The Bertz CT molecular complexity index is 740. The quantitative estimate of drug-likeness (QED) is 0.770. The molecule has 21 heavy (non-hydrogen) atoms. The summed E-state index contributed by atoms with van der Waals surface area (Å²) in [7, 11) is 1.73. The third-order valence-electron chi connectivity index (χ3n) is 3.21. The first-order chi connectivity index (χ1) is 9.95. The van der Waals surface area contributed by atoms with Crippen LogP contribution in [0.5, 0.6) is 5.88 Å². The van der Waals surface area contributed by atoms with Gasteiger partial charge in [-0.25, -0.2) is 9.97 Å². The molecule has 1 aliphatic heterocycles. The van der Waals surface area contributed by atoms with E-state index in [1.165, 1.54) is 0 Å². The Hall–Kier alpha value is -1.93. The molecule has 1 amide bonds. The van der Waals surface area contributed by atoms with Crippen LogP contribution in [0.3, 0.4) is 0 Å². The van der Waals surface area contributed by atoms with Crippen LogP contribution in [-0.2, 0) is 4.79 Å². The molecule has 0 spiro atoms. The van der Waals surface area contributed by atoms with Gasteiger partial charge in [0, 0.05) is 20.1 Å². The van der Waals surface area contributed by atoms with E-state index < -0.39 is 0 Å². The van der Waals surface area contributed by atoms with E-state index in [1.807, 2.05) is 0 Å². The molecule has 3 heterocycles. The number of halogens is 2. The predicted molar refractivity (Wildman–Crippen MR) is 76.7 cm³/mol. The highest BCUT2D eigenvalue weighted by atomic mass is 35.5. The lowest BCUT2D eigenvalue weighted by molar-refractivity contribution is -0.129. The molecule has 0 saturated carbocycles. The fraction of sp³-hybridized carbons (Fsp3) is 0.364. The van der Waals surface area contributed by atoms with Gasteiger partial charge in [-0.2, -0.15) is 9.97 Å². The molecule has 3 rings (SSSR count). The molecule has 1 N–H and O–H groups in total. The molecule has 0 radical (unpaired) electrons. The standard InChI is InChI=1S/C11H10Cl2N6O2/c1-18-2-3-19(4-5(18)20)8-6-7(15-10(12)16-8)9(21)17-11(13)14-6/h2-4H2,1H3,(H,14,17,21). The number of aromatic hydroxyl groups is 1. The van der Waals surface area contributed by atoms with E-state index in [1.54, 1.807) is 16.8 Å². The number of nitrogens with zero attached hydrogens (tertiary/aromatic N) is 6. The second-order valence-corrected chi connectivity index (χ2v) is 5.24. The summed E-state index contributed by atoms with van der Waals surface area (Å²) in [6.45, 7) is 1.25. The van der Waals surface area contributed by atoms with Crippen LogP contribution in [0.15, 0.2) is 0 Å². The number of fused-ring (bicyclic) bond motifs is 1. The molecule has 110 valence electrons. The second kappa shape index (κ2) is 5.12. The van der Waals surface area contributed by atoms with E-state index in [2.05, 4.69) is 19.9 Å². The van der Waals surface area contributed by atoms with Gasteiger partial charge in [0.1, 0.15) is 5.52 Å². The Morgan fingerprint density at radius 1 is 1.05 bits per heavy atom. The molecule has 10 heteroatoms. The smallest absolute Gasteiger partial charge is 0.242 e. The number of rotatable bonds is 1. The zero-order valence-corrected chi connectivity index (χ0v) is 12.4. The average molecular weight is 329 g/mol. The first kappa shape index (κ1) is 14.0. The second-order valence-electron chi connectivity index (χ2n) is 4.57. The minimum absolute atomic E-state index is 0.0477. The van der Waals surface area contributed by atoms with Crippen LogP contribution in [0.1, 0.15) is 0 Å². The Balaban J connectivity index is 2.15. The van der Waals surface area contributed by atoms with E-state index in [0.29, 0.717) is 18.9 Å². The highest BCUT2D eigenvalue weighted by molar-refractivity contribution is 6.29. The molecule has 1 aliphatic rings. The lowest BCUT2D eigenvalue weighted by atomic mass is 10.3. The van der Waals surface area contributed by atoms with Crippen molar-refractivity contribution in [3.63, 3.8) is 0 Å². The fourth-order valence-electron chi connectivity index (χ4n) is 2.09. The van der Waals surface area contributed by atoms with Gasteiger partial charge in [-0.1, -0.05) is 0 Å². The third-order valence-corrected chi connectivity index (χ3v) is 3.55. The number of carbonyl (C=O) groups is 1. The maximum absolute atomic E-state index is 11.8. The van der Waals surface area contributed by atoms with Crippen molar-refractivity contribution in [2.45, 2.75) is 0 Å². The van der Waals surface area contributed by atoms with E-state index >= 15 is 0 Å². The molecule has 0 aromatic carbocycles. The van der Waals surface area contributed by atoms with Crippen molar-refractivity contribution in [1.82, 2.24) is 24.8 Å². The van der Waals surface area contributed by atoms with E-state index in [4.69, 9.17) is 23.2 Å². The first-order valence-corrected chi connectivity index (χ1v) is 6.80. The summed E-state index contributed by atoms with van der Waals surface area (Å²) in [5.74, 6) is -0.0736. The van der Waals surface area contributed by atoms with Crippen LogP contribution in [-0.4, -0.2) is 62.5 Å². The molecule has 2 aromatic rings. The van der Waals surface area contributed by atoms with E-state index in [0.717, 1.165) is 0 Å². The van der Waals surface area contributed by atoms with Crippen LogP contribution in [0.4, 0.5) is 5.82 Å². The van der Waals surface area contributed by atoms with Gasteiger partial charge in [-0.05, 0) is 23.2 Å². The molecular weight excluding hydrogens is 319 g/mol. The Labute approximate surface area is 129 Å². The molecule has 0 aliphatic carbocycles. The maximum Gasteiger partial charge on any atom is 0.242 e. The van der Waals surface area contributed by atoms with E-state index in [9.17, 15) is 9.90 Å². The van der Waals surface area contributed by atoms with Crippen molar-refractivity contribution in [2.24, 2.45) is 0 Å². The monoisotopic (exact) mass is 328 g/mol. The molecule has 0 atom stereocenters. The van der Waals surface area contributed by atoms with Crippen LogP contribution in [0.2, 0.25) is 10.6 Å². The number of piperazine rings is 1. The van der Waals surface area contributed by atoms with Crippen LogP contribution >= 0.6 is 23.2 Å². The van der Waals surface area contributed by atoms with Gasteiger partial charge in [-0.3, -0.25) is 4.79 Å². The van der Waals surface area contributed by atoms with Crippen molar-refractivity contribution in [3.8, 4) is 5.88 Å². The lowest BCUT2D eigenvalue weighted by Gasteiger charge is -2.32. The Kier molecular flexibility index (Phi) is 3.42. The highest BCUT2D eigenvalue weighted by Crippen LogP contribution is 2.29. The first-order valence-electron chi connectivity index (χ1n) is 6.04. The van der Waals surface area contributed by atoms with Gasteiger partial charge in [-0.15, -0.1) is 0 Å². The highest BCUT2D eigenvalue weighted by Gasteiger charge is 2.25. The maximum atomic E-state index is 11.8. The number of likely N-dealkylation sites (N-methyl/N-ethyl adjacent to an activating group) is 1. The number of carbonyl (C=O) groups excluding carboxylic acids is 1. The molecule has 0 unspecified atom stereocenters. The van der Waals surface area contributed by atoms with Crippen molar-refractivity contribution in [3.05, 3.63) is 10.6 Å². The minimum atomic E-state index is -0.379. The van der Waals surface area contributed by atoms with Crippen molar-refractivity contribution < 1.29 is 9.90 Å². The molecule has 1 saturated heterocycles. The van der Waals surface area contributed by atoms with Crippen LogP contribution < -0.4 is 4.90 Å². The zero-order chi connectivity index (χ0) is 15.1. The summed E-state index contributed by atoms with van der Waals surface area (Å²) in [4.78, 5) is 30.9. The minimum Gasteiger partial charge on any atom is -0.492 e. The van der Waals surface area contributed by atoms with Crippen molar-refractivity contribution >= 4 is 46.0 Å². The van der Waals surface area contributed by atoms with Crippen LogP contribution in [0.25, 0.3) is 11.0 Å². The normalized spacial score (nSPS) is 15.9. The summed E-state index contributed by atoms with van der Waals surface area (Å²) >= 11 is 11.6. The molecule has 8 nitrogen and oxygen atoms in total. The summed E-state index contributed by atoms with van der Waals surface area (Å²) in [6, 6.07) is 0. The number of anilines is 1. The largest absolute Gasteiger partial charge is 0.492 e. The topological polar surface area (TPSA) is 95.3 Å². The predicted octanol–water partition coefficient (Wildman–Crippen LogP) is 0.711. The Morgan fingerprint density at radius 3 is 2.43 bits per heavy atom. The van der Waals surface area contributed by atoms with Gasteiger partial charge in [0.15, 0.2) is 11.3 Å². The number of hydrogen-bond donors (Lipinski definition) is 1. The molecule has 2 aromatic heterocycles. The molecule has 1 fully saturated rings. The van der Waals surface area contributed by atoms with Gasteiger partial charge in [0.2, 0.25) is 22.4 Å². The lowest BCUT2D eigenvalue weighted by Crippen LogP contribution is -2.49. The van der Waals surface area contributed by atoms with Crippen molar-refractivity contribution in [1.29, 1.82) is 0 Å². The average Bonchev–Trinajstić information content (AvgIpc) is 2.42. The Morgan fingerprint density at radius 2 is 1.71 bits per heavy atom. The number of hydrogen-bond acceptors (Lipinski definition) is 7. The fourth-order valence-corrected chi connectivity index (χ4v) is 2.42. The zero-order valence-electron chi connectivity index (χ0n) is 10.9. The third kappa shape index (κ3) is 2.52. The summed E-state index contributed by atoms with van der Waals surface area (Å²) in [5.41, 5.74) is 0.357. The SMILES string of the molecule is CN1CCN(c2nc(Cl)nc3c(O)nc(Cl)nc23)CC1=O. The number of amides is 1. The van der Waals surface area contributed by atoms with Crippen molar-refractivity contribution in [2.75, 3.05) is 31.6 Å². The summed E-state index contributed by atoms with van der Waals surface area (Å²) < 4.78 is 0. The van der Waals surface area contributed by atoms with Gasteiger partial charge in [0.05, 0.1) is 6.54 Å². The van der Waals surface area contributed by atoms with E-state index in [-0.39, 0.29) is 39.9 Å².